The van der Waals surface area contributed by atoms with Gasteiger partial charge < -0.3 is 18.9 Å². The topological polar surface area (TPSA) is 16.3 Å². The third-order valence-corrected chi connectivity index (χ3v) is 24.1. The van der Waals surface area contributed by atoms with Crippen molar-refractivity contribution in [2.75, 3.05) is 9.80 Å². The van der Waals surface area contributed by atoms with Crippen LogP contribution >= 0.6 is 11.3 Å². The zero-order valence-electron chi connectivity index (χ0n) is 67.1. The van der Waals surface area contributed by atoms with E-state index in [1.165, 1.54) is 64.8 Å². The van der Waals surface area contributed by atoms with Crippen LogP contribution in [0.5, 0.6) is 0 Å². The van der Waals surface area contributed by atoms with Gasteiger partial charge in [-0.05, 0) is 203 Å². The summed E-state index contributed by atoms with van der Waals surface area (Å²) in [6, 6.07) is 108. The number of aromatic nitrogens is 2. The van der Waals surface area contributed by atoms with E-state index in [9.17, 15) is 2.74 Å². The summed E-state index contributed by atoms with van der Waals surface area (Å²) in [5.74, 6) is 0. The molecular formula is C102H81BN4S. The van der Waals surface area contributed by atoms with Crippen molar-refractivity contribution in [1.82, 2.24) is 9.13 Å². The van der Waals surface area contributed by atoms with Gasteiger partial charge in [0.1, 0.15) is 0 Å². The highest BCUT2D eigenvalue weighted by molar-refractivity contribution is 7.27. The Kier molecular flexibility index (Phi) is 13.7. The van der Waals surface area contributed by atoms with Crippen LogP contribution < -0.4 is 26.2 Å². The van der Waals surface area contributed by atoms with Crippen molar-refractivity contribution in [3.8, 4) is 67.0 Å². The van der Waals surface area contributed by atoms with Crippen molar-refractivity contribution in [2.45, 2.75) is 78.6 Å². The molecule has 0 fully saturated rings. The second-order valence-electron chi connectivity index (χ2n) is 32.5. The van der Waals surface area contributed by atoms with Gasteiger partial charge >= 0.3 is 0 Å². The summed E-state index contributed by atoms with van der Waals surface area (Å²) in [6.07, 6.45) is 0. The smallest absolute Gasteiger partial charge is 0.252 e. The van der Waals surface area contributed by atoms with E-state index in [-0.39, 0.29) is 46.0 Å². The highest BCUT2D eigenvalue weighted by Crippen LogP contribution is 2.54. The normalized spacial score (nSPS) is 13.6. The van der Waals surface area contributed by atoms with Gasteiger partial charge in [-0.25, -0.2) is 0 Å². The second-order valence-corrected chi connectivity index (χ2v) is 33.5. The third kappa shape index (κ3) is 10.5. The summed E-state index contributed by atoms with van der Waals surface area (Å²) in [5, 5.41) is 7.17. The molecule has 2 aliphatic heterocycles. The SMILES string of the molecule is [2H]c1c([2H])c([2H])c(-c2ccc3c(c2)N(c2ccc(-c4ccccc4)cc2-c2ccccc2)c2cc(-c4cccc(C(C)(C)C)c4)cc4c2B3c2ccc(-n3c5ccc(C(C)(C)C)cc5c5cc(C(C)(C)C)ccc53)cc2N4c2cccc3c2sc2c(-c4ccc5c(c4)c4ccccc4n5-c4ccccc4)cccc23)c([2H])c1[2H]. The number of benzene rings is 15. The molecule has 4 nitrogen and oxygen atoms in total. The molecular weight excluding hydrogens is 1320 g/mol. The van der Waals surface area contributed by atoms with Gasteiger partial charge in [-0.2, -0.15) is 0 Å². The largest absolute Gasteiger partial charge is 0.311 e. The molecule has 2 aliphatic rings. The van der Waals surface area contributed by atoms with E-state index in [0.717, 1.165) is 122 Å². The van der Waals surface area contributed by atoms with Crippen LogP contribution in [0.1, 0.15) is 85.9 Å². The molecule has 18 aromatic rings. The molecule has 15 aromatic carbocycles. The first-order valence-corrected chi connectivity index (χ1v) is 38.5. The number of hydrogen-bond acceptors (Lipinski definition) is 3. The van der Waals surface area contributed by atoms with Gasteiger partial charge in [-0.3, -0.25) is 0 Å². The molecule has 518 valence electrons. The summed E-state index contributed by atoms with van der Waals surface area (Å²) in [5.41, 5.74) is 28.4. The Balaban J connectivity index is 0.908. The van der Waals surface area contributed by atoms with Crippen LogP contribution in [0.25, 0.3) is 131 Å². The van der Waals surface area contributed by atoms with Gasteiger partial charge in [0.05, 0.1) is 45.0 Å². The molecule has 5 heterocycles. The minimum Gasteiger partial charge on any atom is -0.311 e. The standard InChI is InChI=1S/C102H81BN4S/c1-100(2,3)72-34-24-33-67(55-72)71-59-95-97-96(60-71)107(92-42-26-40-80-79-39-25-38-77(98(79)108-99(80)92)70-45-52-89-82(57-70)78-37-22-23-41-87(78)104(89)75-35-20-13-21-36-75)94-63-76(105-90-53-46-73(101(4,5)6)61-83(90)84-62-74(102(7,8)9)47-54-91(84)105)48-50-86(94)103(97)85-49-43-69(65-29-16-11-17-30-65)58-93(85)106(95)88-51-44-68(64-27-14-10-15-28-64)56-81(88)66-31-18-12-19-32-66/h10-63H,1-9H3/i11D,16D,17D,29D,30D. The van der Waals surface area contributed by atoms with Crippen molar-refractivity contribution >= 4 is 132 Å². The summed E-state index contributed by atoms with van der Waals surface area (Å²) in [4.78, 5) is 5.04. The quantitative estimate of drug-likeness (QED) is 0.134. The highest BCUT2D eigenvalue weighted by atomic mass is 32.1. The molecule has 108 heavy (non-hydrogen) atoms. The summed E-state index contributed by atoms with van der Waals surface area (Å²) < 4.78 is 53.4. The van der Waals surface area contributed by atoms with E-state index in [0.29, 0.717) is 5.56 Å². The maximum atomic E-state index is 9.59. The predicted molar refractivity (Wildman–Crippen MR) is 465 cm³/mol. The Morgan fingerprint density at radius 1 is 0.278 bits per heavy atom. The molecule has 0 atom stereocenters. The number of hydrogen-bond donors (Lipinski definition) is 0. The number of thiophene rings is 1. The maximum Gasteiger partial charge on any atom is 0.252 e. The first-order valence-electron chi connectivity index (χ1n) is 40.2. The average Bonchev–Trinajstić information content (AvgIpc) is 0.905. The van der Waals surface area contributed by atoms with Gasteiger partial charge in [0, 0.05) is 76.7 Å². The molecule has 0 saturated carbocycles. The Labute approximate surface area is 643 Å². The van der Waals surface area contributed by atoms with Crippen molar-refractivity contribution in [3.63, 3.8) is 0 Å². The lowest BCUT2D eigenvalue weighted by Gasteiger charge is -2.45. The molecule has 20 rings (SSSR count). The summed E-state index contributed by atoms with van der Waals surface area (Å²) in [6.45, 7) is 20.2. The van der Waals surface area contributed by atoms with Gasteiger partial charge in [-0.15, -0.1) is 11.3 Å². The molecule has 3 aromatic heterocycles. The van der Waals surface area contributed by atoms with Crippen LogP contribution in [-0.2, 0) is 16.2 Å². The fourth-order valence-electron chi connectivity index (χ4n) is 17.3. The van der Waals surface area contributed by atoms with E-state index in [2.05, 4.69) is 372 Å². The van der Waals surface area contributed by atoms with E-state index in [1.54, 1.807) is 0 Å². The van der Waals surface area contributed by atoms with Crippen LogP contribution in [-0.4, -0.2) is 15.8 Å². The summed E-state index contributed by atoms with van der Waals surface area (Å²) >= 11 is 1.86. The maximum absolute atomic E-state index is 9.59. The molecule has 0 aliphatic carbocycles. The van der Waals surface area contributed by atoms with E-state index < -0.39 is 12.8 Å². The number of anilines is 6. The Hall–Kier alpha value is -12.2. The van der Waals surface area contributed by atoms with Gasteiger partial charge in [0.2, 0.25) is 0 Å². The number of fused-ring (bicyclic) bond motifs is 13. The molecule has 0 unspecified atom stereocenters. The fourth-order valence-corrected chi connectivity index (χ4v) is 18.7. The zero-order valence-corrected chi connectivity index (χ0v) is 62.9. The minimum atomic E-state index is -0.430. The van der Waals surface area contributed by atoms with Crippen molar-refractivity contribution in [1.29, 1.82) is 0 Å². The molecule has 0 N–H and O–H groups in total. The van der Waals surface area contributed by atoms with Crippen LogP contribution in [0.3, 0.4) is 0 Å². The minimum absolute atomic E-state index is 0.0992. The van der Waals surface area contributed by atoms with E-state index in [4.69, 9.17) is 4.11 Å². The zero-order chi connectivity index (χ0) is 77.4. The van der Waals surface area contributed by atoms with E-state index in [1.807, 2.05) is 17.4 Å². The van der Waals surface area contributed by atoms with Crippen molar-refractivity contribution < 1.29 is 6.85 Å². The number of para-hydroxylation sites is 2. The Bertz CT molecular complexity index is 6920. The molecule has 0 amide bonds. The highest BCUT2D eigenvalue weighted by Gasteiger charge is 2.45. The lowest BCUT2D eigenvalue weighted by molar-refractivity contribution is 0.590. The van der Waals surface area contributed by atoms with Gasteiger partial charge in [0.15, 0.2) is 0 Å². The molecule has 0 spiro atoms. The predicted octanol–water partition coefficient (Wildman–Crippen LogP) is 26.6. The molecule has 0 saturated heterocycles. The first kappa shape index (κ1) is 60.0. The molecule has 0 radical (unpaired) electrons. The Morgan fingerprint density at radius 2 is 0.769 bits per heavy atom. The number of rotatable bonds is 9. The van der Waals surface area contributed by atoms with Crippen molar-refractivity contribution in [2.24, 2.45) is 0 Å². The second kappa shape index (κ2) is 24.7. The van der Waals surface area contributed by atoms with Gasteiger partial charge in [-0.1, -0.05) is 287 Å². The van der Waals surface area contributed by atoms with Crippen LogP contribution in [0, 0.1) is 0 Å². The monoisotopic (exact) mass is 1410 g/mol. The van der Waals surface area contributed by atoms with Gasteiger partial charge in [0.25, 0.3) is 6.71 Å². The Morgan fingerprint density at radius 3 is 1.45 bits per heavy atom. The summed E-state index contributed by atoms with van der Waals surface area (Å²) in [7, 11) is 0. The van der Waals surface area contributed by atoms with Crippen molar-refractivity contribution in [3.05, 3.63) is 344 Å². The van der Waals surface area contributed by atoms with E-state index >= 15 is 0 Å². The number of nitrogens with zero attached hydrogens (tertiary/aromatic N) is 4. The molecule has 6 heteroatoms. The third-order valence-electron chi connectivity index (χ3n) is 22.8. The van der Waals surface area contributed by atoms with Crippen LogP contribution in [0.15, 0.2) is 327 Å². The van der Waals surface area contributed by atoms with Crippen LogP contribution in [0.4, 0.5) is 34.1 Å². The van der Waals surface area contributed by atoms with Crippen LogP contribution in [0.2, 0.25) is 0 Å². The first-order chi connectivity index (χ1) is 54.5. The lowest BCUT2D eigenvalue weighted by Crippen LogP contribution is -2.61. The lowest BCUT2D eigenvalue weighted by atomic mass is 9.33. The average molecular weight is 1410 g/mol. The molecule has 0 bridgehead atoms. The fraction of sp³-hybridized carbons (Fsp3) is 0.118.